The van der Waals surface area contributed by atoms with Crippen LogP contribution in [0.3, 0.4) is 0 Å². The molecule has 0 aliphatic heterocycles. The molecular formula is C20H21N6O7PS. The molecule has 4 aromatic rings. The van der Waals surface area contributed by atoms with Crippen molar-refractivity contribution >= 4 is 36.1 Å². The molecule has 0 saturated heterocycles. The highest BCUT2D eigenvalue weighted by Gasteiger charge is 2.21. The Hall–Kier alpha value is -3.42. The predicted molar refractivity (Wildman–Crippen MR) is 126 cm³/mol. The summed E-state index contributed by atoms with van der Waals surface area (Å²) in [5.74, 6) is -0.628. The lowest BCUT2D eigenvalue weighted by Gasteiger charge is -2.10. The van der Waals surface area contributed by atoms with Crippen LogP contribution in [0.5, 0.6) is 0 Å². The summed E-state index contributed by atoms with van der Waals surface area (Å²) in [5.41, 5.74) is 0.589. The molecule has 2 N–H and O–H groups in total. The van der Waals surface area contributed by atoms with Crippen LogP contribution in [0.25, 0.3) is 22.3 Å². The second-order valence-corrected chi connectivity index (χ2v) is 9.68. The zero-order chi connectivity index (χ0) is 25.5. The largest absolute Gasteiger partial charge is 0.471 e. The molecule has 4 rings (SSSR count). The zero-order valence-electron chi connectivity index (χ0n) is 18.9. The molecule has 35 heavy (non-hydrogen) atoms. The first-order valence-electron chi connectivity index (χ1n) is 10.1. The van der Waals surface area contributed by atoms with Gasteiger partial charge in [-0.05, 0) is 5.56 Å². The fourth-order valence-corrected chi connectivity index (χ4v) is 4.75. The lowest BCUT2D eigenvalue weighted by molar-refractivity contribution is -0.117. The number of phosphoric acid groups is 1. The Morgan fingerprint density at radius 2 is 1.83 bits per heavy atom. The smallest absolute Gasteiger partial charge is 0.303 e. The van der Waals surface area contributed by atoms with E-state index in [1.54, 1.807) is 36.7 Å². The van der Waals surface area contributed by atoms with Gasteiger partial charge < -0.3 is 9.79 Å². The van der Waals surface area contributed by atoms with Crippen molar-refractivity contribution in [2.45, 2.75) is 13.2 Å². The van der Waals surface area contributed by atoms with Crippen molar-refractivity contribution in [2.24, 2.45) is 26.1 Å². The van der Waals surface area contributed by atoms with E-state index in [1.165, 1.54) is 27.9 Å². The van der Waals surface area contributed by atoms with Crippen LogP contribution in [0.1, 0.15) is 5.69 Å². The topological polar surface area (TPSA) is 163 Å². The van der Waals surface area contributed by atoms with Gasteiger partial charge in [0.2, 0.25) is 0 Å². The van der Waals surface area contributed by atoms with Gasteiger partial charge in [-0.3, -0.25) is 32.5 Å². The number of hydrogen-bond donors (Lipinski definition) is 2. The summed E-state index contributed by atoms with van der Waals surface area (Å²) in [5, 5.41) is 6.04. The molecule has 0 spiro atoms. The number of carbonyl (C=O) groups is 1. The van der Waals surface area contributed by atoms with Crippen LogP contribution in [0.2, 0.25) is 0 Å². The van der Waals surface area contributed by atoms with Gasteiger partial charge in [0.25, 0.3) is 11.5 Å². The number of carbonyl (C=O) groups excluding carboxylic acids is 1. The summed E-state index contributed by atoms with van der Waals surface area (Å²) >= 11 is 1.09. The van der Waals surface area contributed by atoms with Crippen molar-refractivity contribution in [1.82, 2.24) is 23.5 Å². The molecule has 0 bridgehead atoms. The molecule has 0 unspecified atom stereocenters. The molecule has 1 amide bonds. The third-order valence-corrected chi connectivity index (χ3v) is 6.63. The molecule has 0 atom stereocenters. The fourth-order valence-electron chi connectivity index (χ4n) is 3.58. The highest BCUT2D eigenvalue weighted by atomic mass is 32.1. The van der Waals surface area contributed by atoms with Crippen LogP contribution in [-0.2, 0) is 48.2 Å². The molecule has 0 saturated carbocycles. The Balaban J connectivity index is 1.78. The SMILES string of the molecule is Cn1nc2c(c1CC(=O)/N=c1\scc(-c3ccccc3)n1COP(=O)(O)O)c(=O)n(C)c(=O)n2C. The molecule has 0 radical (unpaired) electrons. The highest BCUT2D eigenvalue weighted by Crippen LogP contribution is 2.36. The van der Waals surface area contributed by atoms with Gasteiger partial charge >= 0.3 is 13.5 Å². The first-order valence-corrected chi connectivity index (χ1v) is 12.5. The molecule has 0 aliphatic rings. The van der Waals surface area contributed by atoms with Gasteiger partial charge in [-0.25, -0.2) is 9.36 Å². The van der Waals surface area contributed by atoms with Crippen LogP contribution < -0.4 is 16.1 Å². The van der Waals surface area contributed by atoms with E-state index < -0.39 is 31.7 Å². The fraction of sp³-hybridized carbons (Fsp3) is 0.250. The van der Waals surface area contributed by atoms with Gasteiger partial charge in [-0.1, -0.05) is 30.3 Å². The monoisotopic (exact) mass is 520 g/mol. The maximum absolute atomic E-state index is 12.9. The van der Waals surface area contributed by atoms with Gasteiger partial charge in [-0.15, -0.1) is 11.3 Å². The number of fused-ring (bicyclic) bond motifs is 1. The summed E-state index contributed by atoms with van der Waals surface area (Å²) in [7, 11) is -0.415. The zero-order valence-corrected chi connectivity index (χ0v) is 20.6. The summed E-state index contributed by atoms with van der Waals surface area (Å²) in [6, 6.07) is 9.00. The van der Waals surface area contributed by atoms with Crippen LogP contribution >= 0.6 is 19.2 Å². The molecule has 184 valence electrons. The van der Waals surface area contributed by atoms with Crippen molar-refractivity contribution < 1.29 is 23.7 Å². The number of thiazole rings is 1. The summed E-state index contributed by atoms with van der Waals surface area (Å²) in [4.78, 5) is 60.4. The molecule has 0 fully saturated rings. The second kappa shape index (κ2) is 9.32. The van der Waals surface area contributed by atoms with Gasteiger partial charge in [0.1, 0.15) is 12.1 Å². The third-order valence-electron chi connectivity index (χ3n) is 5.32. The van der Waals surface area contributed by atoms with Crippen LogP contribution in [0.4, 0.5) is 0 Å². The van der Waals surface area contributed by atoms with Crippen molar-refractivity contribution in [3.63, 3.8) is 0 Å². The number of rotatable bonds is 6. The van der Waals surface area contributed by atoms with E-state index in [1.807, 2.05) is 6.07 Å². The van der Waals surface area contributed by atoms with E-state index in [0.717, 1.165) is 21.5 Å². The Kier molecular flexibility index (Phi) is 6.58. The maximum Gasteiger partial charge on any atom is 0.471 e. The van der Waals surface area contributed by atoms with E-state index >= 15 is 0 Å². The number of aryl methyl sites for hydroxylation is 2. The third kappa shape index (κ3) is 4.88. The number of benzene rings is 1. The predicted octanol–water partition coefficient (Wildman–Crippen LogP) is 0.237. The minimum absolute atomic E-state index is 0.134. The molecule has 0 aliphatic carbocycles. The van der Waals surface area contributed by atoms with E-state index in [-0.39, 0.29) is 27.9 Å². The molecule has 13 nitrogen and oxygen atoms in total. The number of hydrogen-bond acceptors (Lipinski definition) is 7. The van der Waals surface area contributed by atoms with Gasteiger partial charge in [-0.2, -0.15) is 10.1 Å². The van der Waals surface area contributed by atoms with Crippen LogP contribution in [-0.4, -0.2) is 39.2 Å². The number of phosphoric ester groups is 1. The van der Waals surface area contributed by atoms with Gasteiger partial charge in [0, 0.05) is 26.5 Å². The van der Waals surface area contributed by atoms with Crippen molar-refractivity contribution in [3.05, 3.63) is 67.0 Å². The van der Waals surface area contributed by atoms with Crippen LogP contribution in [0, 0.1) is 0 Å². The first-order chi connectivity index (χ1) is 16.5. The second-order valence-electron chi connectivity index (χ2n) is 7.60. The Labute approximate surface area is 201 Å². The maximum atomic E-state index is 12.9. The quantitative estimate of drug-likeness (QED) is 0.342. The van der Waals surface area contributed by atoms with Crippen molar-refractivity contribution in [2.75, 3.05) is 0 Å². The Morgan fingerprint density at radius 1 is 1.14 bits per heavy atom. The molecule has 3 aromatic heterocycles. The average Bonchev–Trinajstić information content (AvgIpc) is 3.35. The first kappa shape index (κ1) is 24.7. The minimum Gasteiger partial charge on any atom is -0.303 e. The molecule has 15 heteroatoms. The highest BCUT2D eigenvalue weighted by molar-refractivity contribution is 7.46. The summed E-state index contributed by atoms with van der Waals surface area (Å²) in [6.07, 6.45) is -0.293. The van der Waals surface area contributed by atoms with Crippen LogP contribution in [0.15, 0.2) is 50.3 Å². The number of aromatic nitrogens is 5. The van der Waals surface area contributed by atoms with E-state index in [9.17, 15) is 18.9 Å². The molecular weight excluding hydrogens is 499 g/mol. The van der Waals surface area contributed by atoms with E-state index in [2.05, 4.69) is 14.6 Å². The van der Waals surface area contributed by atoms with E-state index in [0.29, 0.717) is 5.69 Å². The number of nitrogens with zero attached hydrogens (tertiary/aromatic N) is 6. The summed E-state index contributed by atoms with van der Waals surface area (Å²) in [6.45, 7) is -0.540. The van der Waals surface area contributed by atoms with Gasteiger partial charge in [0.05, 0.1) is 17.8 Å². The standard InChI is InChI=1S/C20H21N6O7PS/c1-23-17-16(18(28)24(2)20(23)29)13(25(3)22-17)9-15(27)21-19-26(11-33-34(30,31)32)14(10-35-19)12-7-5-4-6-8-12/h4-8,10H,9,11H2,1-3H3,(H2,30,31,32)/b21-19-. The van der Waals surface area contributed by atoms with Crippen molar-refractivity contribution in [1.29, 1.82) is 0 Å². The van der Waals surface area contributed by atoms with Crippen molar-refractivity contribution in [3.8, 4) is 11.3 Å². The minimum atomic E-state index is -4.79. The normalized spacial score (nSPS) is 12.5. The average molecular weight is 520 g/mol. The molecule has 1 aromatic carbocycles. The number of amides is 1. The molecule has 3 heterocycles. The Bertz CT molecular complexity index is 1670. The van der Waals surface area contributed by atoms with Gasteiger partial charge in [0.15, 0.2) is 10.4 Å². The summed E-state index contributed by atoms with van der Waals surface area (Å²) < 4.78 is 20.9. The lowest BCUT2D eigenvalue weighted by atomic mass is 10.2. The van der Waals surface area contributed by atoms with E-state index in [4.69, 9.17) is 9.79 Å². The lowest BCUT2D eigenvalue weighted by Crippen LogP contribution is -2.37. The Morgan fingerprint density at radius 3 is 2.49 bits per heavy atom.